The highest BCUT2D eigenvalue weighted by Crippen LogP contribution is 2.25. The Bertz CT molecular complexity index is 1290. The third-order valence-corrected chi connectivity index (χ3v) is 4.98. The Balaban J connectivity index is 1.81. The summed E-state index contributed by atoms with van der Waals surface area (Å²) >= 11 is 0. The van der Waals surface area contributed by atoms with E-state index in [1.165, 1.54) is 4.57 Å². The summed E-state index contributed by atoms with van der Waals surface area (Å²) in [5.74, 6) is 0.225. The normalized spacial score (nSPS) is 10.9. The Labute approximate surface area is 173 Å². The molecule has 0 spiro atoms. The Morgan fingerprint density at radius 3 is 2.50 bits per heavy atom. The summed E-state index contributed by atoms with van der Waals surface area (Å²) < 4.78 is 8.47. The second kappa shape index (κ2) is 7.87. The minimum atomic E-state index is -0.329. The van der Waals surface area contributed by atoms with E-state index >= 15 is 0 Å². The van der Waals surface area contributed by atoms with Gasteiger partial charge in [-0.2, -0.15) is 5.10 Å². The Morgan fingerprint density at radius 1 is 1.07 bits per heavy atom. The number of carbonyl (C=O) groups is 1. The largest absolute Gasteiger partial charge is 0.495 e. The summed E-state index contributed by atoms with van der Waals surface area (Å²) in [4.78, 5) is 25.7. The van der Waals surface area contributed by atoms with E-state index in [2.05, 4.69) is 10.4 Å². The molecular weight excluding hydrogens is 380 g/mol. The number of aryl methyl sites for hydroxylation is 2. The van der Waals surface area contributed by atoms with E-state index in [-0.39, 0.29) is 18.0 Å². The number of amides is 1. The highest BCUT2D eigenvalue weighted by atomic mass is 16.5. The number of nitrogens with one attached hydrogen (secondary N) is 1. The number of ether oxygens (including phenoxy) is 1. The molecule has 2 aromatic heterocycles. The molecule has 0 saturated carbocycles. The van der Waals surface area contributed by atoms with Crippen LogP contribution in [0, 0.1) is 13.8 Å². The molecule has 4 aromatic rings. The second-order valence-corrected chi connectivity index (χ2v) is 7.03. The first kappa shape index (κ1) is 19.4. The molecule has 30 heavy (non-hydrogen) atoms. The van der Waals surface area contributed by atoms with Gasteiger partial charge in [0.05, 0.1) is 24.2 Å². The molecule has 0 saturated heterocycles. The summed E-state index contributed by atoms with van der Waals surface area (Å²) in [5, 5.41) is 8.34. The maximum atomic E-state index is 12.9. The number of benzene rings is 2. The zero-order chi connectivity index (χ0) is 21.3. The quantitative estimate of drug-likeness (QED) is 0.555. The minimum absolute atomic E-state index is 0.147. The highest BCUT2D eigenvalue weighted by Gasteiger charge is 2.19. The van der Waals surface area contributed by atoms with Gasteiger partial charge < -0.3 is 10.1 Å². The number of nitrogens with zero attached hydrogens (tertiary/aromatic N) is 3. The molecule has 0 fully saturated rings. The van der Waals surface area contributed by atoms with Gasteiger partial charge in [0.15, 0.2) is 0 Å². The molecule has 7 heteroatoms. The van der Waals surface area contributed by atoms with Crippen LogP contribution in [0.3, 0.4) is 0 Å². The van der Waals surface area contributed by atoms with Crippen LogP contribution in [0.2, 0.25) is 0 Å². The summed E-state index contributed by atoms with van der Waals surface area (Å²) in [6, 6.07) is 18.3. The molecule has 7 nitrogen and oxygen atoms in total. The number of pyridine rings is 1. The van der Waals surface area contributed by atoms with Gasteiger partial charge in [-0.3, -0.25) is 14.2 Å². The Kier molecular flexibility index (Phi) is 5.10. The zero-order valence-electron chi connectivity index (χ0n) is 17.0. The molecular formula is C23H22N4O3. The summed E-state index contributed by atoms with van der Waals surface area (Å²) in [5.41, 5.74) is 3.33. The van der Waals surface area contributed by atoms with E-state index in [4.69, 9.17) is 4.74 Å². The lowest BCUT2D eigenvalue weighted by Crippen LogP contribution is -2.29. The number of hydrogen-bond acceptors (Lipinski definition) is 4. The van der Waals surface area contributed by atoms with Gasteiger partial charge in [-0.05, 0) is 43.7 Å². The van der Waals surface area contributed by atoms with Gasteiger partial charge in [-0.15, -0.1) is 0 Å². The highest BCUT2D eigenvalue weighted by molar-refractivity contribution is 5.93. The number of methoxy groups -OCH3 is 1. The van der Waals surface area contributed by atoms with E-state index < -0.39 is 0 Å². The van der Waals surface area contributed by atoms with E-state index in [9.17, 15) is 9.59 Å². The average molecular weight is 402 g/mol. The molecule has 0 aliphatic carbocycles. The molecule has 4 rings (SSSR count). The van der Waals surface area contributed by atoms with E-state index in [1.807, 2.05) is 56.3 Å². The number of anilines is 1. The first-order valence-electron chi connectivity index (χ1n) is 9.57. The summed E-state index contributed by atoms with van der Waals surface area (Å²) in [6.45, 7) is 3.64. The average Bonchev–Trinajstić information content (AvgIpc) is 3.09. The topological polar surface area (TPSA) is 78.2 Å². The van der Waals surface area contributed by atoms with Crippen molar-refractivity contribution in [3.8, 4) is 11.4 Å². The van der Waals surface area contributed by atoms with E-state index in [0.717, 1.165) is 22.3 Å². The molecule has 0 aliphatic rings. The predicted octanol–water partition coefficient (Wildman–Crippen LogP) is 3.45. The first-order valence-corrected chi connectivity index (χ1v) is 9.57. The van der Waals surface area contributed by atoms with Crippen LogP contribution in [-0.4, -0.2) is 27.4 Å². The van der Waals surface area contributed by atoms with Crippen molar-refractivity contribution in [1.82, 2.24) is 14.3 Å². The van der Waals surface area contributed by atoms with Crippen LogP contribution in [-0.2, 0) is 11.3 Å². The molecule has 1 N–H and O–H groups in total. The molecule has 2 aromatic carbocycles. The standard InChI is InChI=1S/C23H22N4O3/c1-15-13-21(29)26(14-20(28)24-18-11-7-8-12-19(18)30-3)23-22(15)16(2)25-27(23)17-9-5-4-6-10-17/h4-13H,14H2,1-3H3,(H,24,28). The fourth-order valence-corrected chi connectivity index (χ4v) is 3.65. The second-order valence-electron chi connectivity index (χ2n) is 7.03. The van der Waals surface area contributed by atoms with Crippen molar-refractivity contribution >= 4 is 22.6 Å². The molecule has 0 unspecified atom stereocenters. The van der Waals surface area contributed by atoms with Gasteiger partial charge in [0.1, 0.15) is 17.9 Å². The number of hydrogen-bond donors (Lipinski definition) is 1. The third kappa shape index (κ3) is 3.45. The Hall–Kier alpha value is -3.87. The number of rotatable bonds is 5. The molecule has 2 heterocycles. The van der Waals surface area contributed by atoms with Crippen LogP contribution in [0.4, 0.5) is 5.69 Å². The molecule has 152 valence electrons. The lowest BCUT2D eigenvalue weighted by molar-refractivity contribution is -0.116. The fraction of sp³-hybridized carbons (Fsp3) is 0.174. The minimum Gasteiger partial charge on any atom is -0.495 e. The van der Waals surface area contributed by atoms with Crippen molar-refractivity contribution in [1.29, 1.82) is 0 Å². The van der Waals surface area contributed by atoms with Crippen molar-refractivity contribution in [2.75, 3.05) is 12.4 Å². The van der Waals surface area contributed by atoms with Crippen molar-refractivity contribution in [3.05, 3.63) is 82.3 Å². The van der Waals surface area contributed by atoms with Gasteiger partial charge in [0, 0.05) is 11.5 Å². The molecule has 0 bridgehead atoms. The van der Waals surface area contributed by atoms with Crippen molar-refractivity contribution < 1.29 is 9.53 Å². The van der Waals surface area contributed by atoms with Crippen LogP contribution in [0.15, 0.2) is 65.5 Å². The van der Waals surface area contributed by atoms with E-state index in [1.54, 1.807) is 30.0 Å². The maximum absolute atomic E-state index is 12.9. The monoisotopic (exact) mass is 402 g/mol. The van der Waals surface area contributed by atoms with Crippen LogP contribution >= 0.6 is 0 Å². The number of carbonyl (C=O) groups excluding carboxylic acids is 1. The van der Waals surface area contributed by atoms with Gasteiger partial charge in [-0.1, -0.05) is 30.3 Å². The summed E-state index contributed by atoms with van der Waals surface area (Å²) in [6.07, 6.45) is 0. The van der Waals surface area contributed by atoms with Gasteiger partial charge in [0.2, 0.25) is 5.91 Å². The van der Waals surface area contributed by atoms with Crippen molar-refractivity contribution in [3.63, 3.8) is 0 Å². The zero-order valence-corrected chi connectivity index (χ0v) is 17.0. The Morgan fingerprint density at radius 2 is 1.77 bits per heavy atom. The van der Waals surface area contributed by atoms with Crippen LogP contribution < -0.4 is 15.6 Å². The van der Waals surface area contributed by atoms with Crippen molar-refractivity contribution in [2.45, 2.75) is 20.4 Å². The SMILES string of the molecule is COc1ccccc1NC(=O)Cn1c(=O)cc(C)c2c(C)nn(-c3ccccc3)c21. The maximum Gasteiger partial charge on any atom is 0.252 e. The molecule has 0 aliphatic heterocycles. The molecule has 0 atom stereocenters. The lowest BCUT2D eigenvalue weighted by atomic mass is 10.1. The van der Waals surface area contributed by atoms with Crippen LogP contribution in [0.5, 0.6) is 5.75 Å². The molecule has 0 radical (unpaired) electrons. The fourth-order valence-electron chi connectivity index (χ4n) is 3.65. The van der Waals surface area contributed by atoms with Crippen molar-refractivity contribution in [2.24, 2.45) is 0 Å². The predicted molar refractivity (Wildman–Crippen MR) is 116 cm³/mol. The summed E-state index contributed by atoms with van der Waals surface area (Å²) in [7, 11) is 1.54. The van der Waals surface area contributed by atoms with Gasteiger partial charge in [-0.25, -0.2) is 4.68 Å². The van der Waals surface area contributed by atoms with E-state index in [0.29, 0.717) is 17.1 Å². The molecule has 1 amide bonds. The number of para-hydroxylation sites is 3. The van der Waals surface area contributed by atoms with Crippen LogP contribution in [0.25, 0.3) is 16.7 Å². The van der Waals surface area contributed by atoms with Gasteiger partial charge in [0.25, 0.3) is 5.56 Å². The lowest BCUT2D eigenvalue weighted by Gasteiger charge is -2.13. The van der Waals surface area contributed by atoms with Gasteiger partial charge >= 0.3 is 0 Å². The number of fused-ring (bicyclic) bond motifs is 1. The first-order chi connectivity index (χ1) is 14.5. The number of aromatic nitrogens is 3. The van der Waals surface area contributed by atoms with Crippen LogP contribution in [0.1, 0.15) is 11.3 Å². The third-order valence-electron chi connectivity index (χ3n) is 4.98. The smallest absolute Gasteiger partial charge is 0.252 e.